The zero-order chi connectivity index (χ0) is 21.4. The monoisotopic (exact) mass is 402 g/mol. The van der Waals surface area contributed by atoms with Gasteiger partial charge in [0.25, 0.3) is 0 Å². The van der Waals surface area contributed by atoms with Crippen molar-refractivity contribution in [3.63, 3.8) is 0 Å². The highest BCUT2D eigenvalue weighted by Gasteiger charge is 2.31. The lowest BCUT2D eigenvalue weighted by Gasteiger charge is -2.22. The third-order valence-corrected chi connectivity index (χ3v) is 4.00. The van der Waals surface area contributed by atoms with Crippen LogP contribution in [-0.4, -0.2) is 30.6 Å². The van der Waals surface area contributed by atoms with E-state index in [-0.39, 0.29) is 24.8 Å². The minimum Gasteiger partial charge on any atom is -0.467 e. The van der Waals surface area contributed by atoms with Gasteiger partial charge in [-0.2, -0.15) is 0 Å². The van der Waals surface area contributed by atoms with Crippen LogP contribution in [0.3, 0.4) is 0 Å². The number of halogens is 1. The van der Waals surface area contributed by atoms with Crippen molar-refractivity contribution < 1.29 is 28.2 Å². The van der Waals surface area contributed by atoms with Gasteiger partial charge >= 0.3 is 12.1 Å². The summed E-state index contributed by atoms with van der Waals surface area (Å²) in [5, 5.41) is 5.17. The van der Waals surface area contributed by atoms with Crippen molar-refractivity contribution in [2.75, 3.05) is 12.4 Å². The maximum absolute atomic E-state index is 12.9. The second-order valence-corrected chi connectivity index (χ2v) is 6.87. The van der Waals surface area contributed by atoms with E-state index >= 15 is 0 Å². The van der Waals surface area contributed by atoms with Crippen LogP contribution in [0.2, 0.25) is 0 Å². The van der Waals surface area contributed by atoms with Crippen LogP contribution >= 0.6 is 0 Å². The lowest BCUT2D eigenvalue weighted by Crippen LogP contribution is -2.50. The van der Waals surface area contributed by atoms with Crippen LogP contribution in [0.15, 0.2) is 48.5 Å². The molecule has 8 heteroatoms. The summed E-state index contributed by atoms with van der Waals surface area (Å²) < 4.78 is 22.6. The number of ether oxygens (including phenoxy) is 2. The molecule has 0 radical (unpaired) electrons. The molecule has 2 amide bonds. The normalized spacial score (nSPS) is 10.8. The summed E-state index contributed by atoms with van der Waals surface area (Å²) in [6, 6.07) is 12.5. The first-order chi connectivity index (χ1) is 13.7. The summed E-state index contributed by atoms with van der Waals surface area (Å²) in [4.78, 5) is 35.5. The van der Waals surface area contributed by atoms with Crippen LogP contribution < -0.4 is 10.6 Å². The van der Waals surface area contributed by atoms with E-state index in [1.165, 1.54) is 33.1 Å². The summed E-state index contributed by atoms with van der Waals surface area (Å²) in [6.07, 6.45) is -0.626. The number of esters is 1. The van der Waals surface area contributed by atoms with Crippen molar-refractivity contribution in [3.05, 3.63) is 65.5 Å². The number of carbonyl (C=O) groups excluding carboxylic acids is 3. The van der Waals surface area contributed by atoms with Crippen molar-refractivity contribution in [2.45, 2.75) is 32.4 Å². The number of amides is 2. The number of methoxy groups -OCH3 is 1. The predicted octanol–water partition coefficient (Wildman–Crippen LogP) is 3.18. The van der Waals surface area contributed by atoms with Gasteiger partial charge in [-0.05, 0) is 49.2 Å². The van der Waals surface area contributed by atoms with Crippen molar-refractivity contribution in [2.24, 2.45) is 0 Å². The second-order valence-electron chi connectivity index (χ2n) is 6.87. The van der Waals surface area contributed by atoms with Crippen molar-refractivity contribution in [3.8, 4) is 0 Å². The molecule has 0 aliphatic rings. The van der Waals surface area contributed by atoms with Crippen molar-refractivity contribution in [1.82, 2.24) is 5.32 Å². The van der Waals surface area contributed by atoms with Crippen molar-refractivity contribution >= 4 is 23.7 Å². The molecule has 0 heterocycles. The Bertz CT molecular complexity index is 864. The Morgan fingerprint density at radius 2 is 1.55 bits per heavy atom. The van der Waals surface area contributed by atoms with Gasteiger partial charge in [-0.25, -0.2) is 14.0 Å². The van der Waals surface area contributed by atoms with Crippen LogP contribution in [0, 0.1) is 5.82 Å². The number of hydrogen-bond donors (Lipinski definition) is 2. The average Bonchev–Trinajstić information content (AvgIpc) is 2.68. The molecule has 2 aromatic carbocycles. The molecule has 0 saturated heterocycles. The first kappa shape index (κ1) is 21.9. The van der Waals surface area contributed by atoms with Gasteiger partial charge in [-0.15, -0.1) is 0 Å². The maximum Gasteiger partial charge on any atom is 0.408 e. The largest absolute Gasteiger partial charge is 0.467 e. The van der Waals surface area contributed by atoms with Crippen LogP contribution in [-0.2, 0) is 32.1 Å². The van der Waals surface area contributed by atoms with E-state index in [0.717, 1.165) is 0 Å². The Morgan fingerprint density at radius 3 is 2.14 bits per heavy atom. The van der Waals surface area contributed by atoms with E-state index < -0.39 is 17.6 Å². The number of nitrogens with one attached hydrogen (secondary N) is 2. The minimum absolute atomic E-state index is 0.00705. The van der Waals surface area contributed by atoms with E-state index in [1.54, 1.807) is 36.4 Å². The van der Waals surface area contributed by atoms with Gasteiger partial charge in [0.05, 0.1) is 13.5 Å². The summed E-state index contributed by atoms with van der Waals surface area (Å²) in [7, 11) is 1.23. The third-order valence-electron chi connectivity index (χ3n) is 4.00. The molecule has 7 nitrogen and oxygen atoms in total. The molecule has 0 spiro atoms. The van der Waals surface area contributed by atoms with E-state index in [9.17, 15) is 18.8 Å². The van der Waals surface area contributed by atoms with Gasteiger partial charge in [0.15, 0.2) is 0 Å². The molecule has 0 atom stereocenters. The number of benzene rings is 2. The molecule has 0 saturated carbocycles. The highest BCUT2D eigenvalue weighted by atomic mass is 19.1. The zero-order valence-corrected chi connectivity index (χ0v) is 16.5. The Hall–Kier alpha value is -3.42. The first-order valence-electron chi connectivity index (χ1n) is 8.86. The third kappa shape index (κ3) is 6.91. The number of hydrogen-bond acceptors (Lipinski definition) is 5. The lowest BCUT2D eigenvalue weighted by atomic mass is 10.1. The summed E-state index contributed by atoms with van der Waals surface area (Å²) in [6.45, 7) is 3.00. The van der Waals surface area contributed by atoms with Gasteiger partial charge in [0.1, 0.15) is 18.0 Å². The number of anilines is 1. The lowest BCUT2D eigenvalue weighted by molar-refractivity contribution is -0.146. The smallest absolute Gasteiger partial charge is 0.408 e. The van der Waals surface area contributed by atoms with Gasteiger partial charge in [-0.3, -0.25) is 4.79 Å². The molecule has 0 unspecified atom stereocenters. The average molecular weight is 402 g/mol. The first-order valence-corrected chi connectivity index (χ1v) is 8.86. The fourth-order valence-corrected chi connectivity index (χ4v) is 2.42. The summed E-state index contributed by atoms with van der Waals surface area (Å²) >= 11 is 0. The Balaban J connectivity index is 1.82. The zero-order valence-electron chi connectivity index (χ0n) is 16.5. The minimum atomic E-state index is -1.20. The number of rotatable bonds is 7. The fraction of sp³-hybridized carbons (Fsp3) is 0.286. The van der Waals surface area contributed by atoms with Crippen LogP contribution in [0.1, 0.15) is 25.0 Å². The highest BCUT2D eigenvalue weighted by molar-refractivity contribution is 5.92. The highest BCUT2D eigenvalue weighted by Crippen LogP contribution is 2.12. The predicted molar refractivity (Wildman–Crippen MR) is 105 cm³/mol. The molecule has 0 fully saturated rings. The summed E-state index contributed by atoms with van der Waals surface area (Å²) in [5.41, 5.74) is 0.782. The SMILES string of the molecule is COC(=O)C(C)(C)NC(=O)OCc1ccc(NC(=O)Cc2ccc(F)cc2)cc1. The maximum atomic E-state index is 12.9. The van der Waals surface area contributed by atoms with Crippen LogP contribution in [0.4, 0.5) is 14.9 Å². The van der Waals surface area contributed by atoms with E-state index in [0.29, 0.717) is 16.8 Å². The van der Waals surface area contributed by atoms with E-state index in [4.69, 9.17) is 4.74 Å². The van der Waals surface area contributed by atoms with E-state index in [1.807, 2.05) is 0 Å². The molecule has 29 heavy (non-hydrogen) atoms. The quantitative estimate of drug-likeness (QED) is 0.694. The summed E-state index contributed by atoms with van der Waals surface area (Å²) in [5.74, 6) is -1.17. The Labute approximate surface area is 168 Å². The Kier molecular flexibility index (Phi) is 7.30. The van der Waals surface area contributed by atoms with Gasteiger partial charge < -0.3 is 20.1 Å². The standard InChI is InChI=1S/C21H23FN2O5/c1-21(2,19(26)28-3)24-20(27)29-13-15-6-10-17(11-7-15)23-18(25)12-14-4-8-16(22)9-5-14/h4-11H,12-13H2,1-3H3,(H,23,25)(H,24,27). The van der Waals surface area contributed by atoms with Gasteiger partial charge in [0, 0.05) is 5.69 Å². The molecule has 0 aliphatic heterocycles. The number of alkyl carbamates (subject to hydrolysis) is 1. The van der Waals surface area contributed by atoms with Crippen molar-refractivity contribution in [1.29, 1.82) is 0 Å². The van der Waals surface area contributed by atoms with Crippen LogP contribution in [0.25, 0.3) is 0 Å². The van der Waals surface area contributed by atoms with E-state index in [2.05, 4.69) is 15.4 Å². The molecule has 0 bridgehead atoms. The molecule has 2 N–H and O–H groups in total. The molecular weight excluding hydrogens is 379 g/mol. The molecule has 2 aromatic rings. The topological polar surface area (TPSA) is 93.7 Å². The van der Waals surface area contributed by atoms with Gasteiger partial charge in [-0.1, -0.05) is 24.3 Å². The second kappa shape index (κ2) is 9.68. The molecule has 154 valence electrons. The molecular formula is C21H23FN2O5. The number of carbonyl (C=O) groups is 3. The molecule has 0 aliphatic carbocycles. The fourth-order valence-electron chi connectivity index (χ4n) is 2.42. The van der Waals surface area contributed by atoms with Gasteiger partial charge in [0.2, 0.25) is 5.91 Å². The van der Waals surface area contributed by atoms with Crippen LogP contribution in [0.5, 0.6) is 0 Å². The Morgan fingerprint density at radius 1 is 0.966 bits per heavy atom. The molecule has 2 rings (SSSR count). The molecule has 0 aromatic heterocycles.